The van der Waals surface area contributed by atoms with Crippen LogP contribution in [0.15, 0.2) is 46.4 Å². The molecule has 4 nitrogen and oxygen atoms in total. The van der Waals surface area contributed by atoms with Gasteiger partial charge >= 0.3 is 0 Å². The van der Waals surface area contributed by atoms with Crippen molar-refractivity contribution >= 4 is 43.9 Å². The summed E-state index contributed by atoms with van der Waals surface area (Å²) in [5.74, 6) is 0. The quantitative estimate of drug-likeness (QED) is 0.525. The van der Waals surface area contributed by atoms with Crippen molar-refractivity contribution in [2.45, 2.75) is 6.54 Å². The molecule has 19 heavy (non-hydrogen) atoms. The number of rotatable bonds is 3. The van der Waals surface area contributed by atoms with Crippen molar-refractivity contribution in [3.63, 3.8) is 0 Å². The van der Waals surface area contributed by atoms with Gasteiger partial charge in [-0.25, -0.2) is 0 Å². The molecule has 3 rings (SSSR count). The number of hydrogen-bond acceptors (Lipinski definition) is 3. The van der Waals surface area contributed by atoms with E-state index in [4.69, 9.17) is 0 Å². The lowest BCUT2D eigenvalue weighted by atomic mass is 10.2. The Kier molecular flexibility index (Phi) is 3.12. The third-order valence-electron chi connectivity index (χ3n) is 2.94. The fraction of sp³-hybridized carbons (Fsp3) is 0.0769. The molecule has 0 spiro atoms. The Balaban J connectivity index is 2.06. The Morgan fingerprint density at radius 3 is 2.79 bits per heavy atom. The summed E-state index contributed by atoms with van der Waals surface area (Å²) in [5, 5.41) is 11.7. The maximum absolute atomic E-state index is 11.0. The van der Waals surface area contributed by atoms with E-state index >= 15 is 0 Å². The van der Waals surface area contributed by atoms with Gasteiger partial charge in [0.25, 0.3) is 5.69 Å². The summed E-state index contributed by atoms with van der Waals surface area (Å²) in [6, 6.07) is 11.0. The van der Waals surface area contributed by atoms with E-state index in [9.17, 15) is 10.1 Å². The van der Waals surface area contributed by atoms with Crippen LogP contribution < -0.4 is 0 Å². The highest BCUT2D eigenvalue weighted by Gasteiger charge is 2.13. The van der Waals surface area contributed by atoms with E-state index < -0.39 is 0 Å². The lowest BCUT2D eigenvalue weighted by Gasteiger charge is -2.03. The zero-order chi connectivity index (χ0) is 13.4. The van der Waals surface area contributed by atoms with Crippen LogP contribution in [0, 0.1) is 10.1 Å². The fourth-order valence-corrected chi connectivity index (χ4v) is 3.59. The van der Waals surface area contributed by atoms with E-state index in [1.807, 2.05) is 22.9 Å². The number of nitro groups is 1. The molecule has 3 aromatic rings. The zero-order valence-corrected chi connectivity index (χ0v) is 12.1. The first-order chi connectivity index (χ1) is 9.15. The number of halogens is 1. The molecule has 0 saturated carbocycles. The summed E-state index contributed by atoms with van der Waals surface area (Å²) in [4.78, 5) is 11.8. The predicted octanol–water partition coefficient (Wildman–Crippen LogP) is 4.42. The molecular weight excluding hydrogens is 328 g/mol. The minimum atomic E-state index is -0.339. The summed E-state index contributed by atoms with van der Waals surface area (Å²) in [7, 11) is 0. The van der Waals surface area contributed by atoms with Gasteiger partial charge < -0.3 is 4.57 Å². The third kappa shape index (κ3) is 2.29. The molecule has 0 aliphatic rings. The number of nitrogens with zero attached hydrogens (tertiary/aromatic N) is 2. The smallest absolute Gasteiger partial charge is 0.278 e. The van der Waals surface area contributed by atoms with Gasteiger partial charge in [0.05, 0.1) is 26.2 Å². The molecule has 0 radical (unpaired) electrons. The lowest BCUT2D eigenvalue weighted by Crippen LogP contribution is -1.96. The average molecular weight is 337 g/mol. The fourth-order valence-electron chi connectivity index (χ4n) is 2.11. The van der Waals surface area contributed by atoms with Crippen LogP contribution >= 0.6 is 27.3 Å². The summed E-state index contributed by atoms with van der Waals surface area (Å²) >= 11 is 5.10. The van der Waals surface area contributed by atoms with Crippen molar-refractivity contribution in [1.29, 1.82) is 0 Å². The predicted molar refractivity (Wildman–Crippen MR) is 79.7 cm³/mol. The Morgan fingerprint density at radius 2 is 2.11 bits per heavy atom. The Morgan fingerprint density at radius 1 is 1.26 bits per heavy atom. The van der Waals surface area contributed by atoms with Crippen molar-refractivity contribution < 1.29 is 4.92 Å². The van der Waals surface area contributed by atoms with E-state index in [0.29, 0.717) is 5.39 Å². The molecule has 0 fully saturated rings. The Hall–Kier alpha value is -1.66. The van der Waals surface area contributed by atoms with Crippen LogP contribution in [-0.4, -0.2) is 9.49 Å². The number of benzene rings is 1. The van der Waals surface area contributed by atoms with Crippen LogP contribution in [0.3, 0.4) is 0 Å². The molecule has 0 aliphatic carbocycles. The van der Waals surface area contributed by atoms with Crippen LogP contribution in [0.4, 0.5) is 5.69 Å². The Bertz CT molecular complexity index is 763. The summed E-state index contributed by atoms with van der Waals surface area (Å²) in [5.41, 5.74) is 1.04. The minimum Gasteiger partial charge on any atom is -0.342 e. The van der Waals surface area contributed by atoms with Gasteiger partial charge in [-0.05, 0) is 40.2 Å². The van der Waals surface area contributed by atoms with Crippen LogP contribution in [-0.2, 0) is 6.54 Å². The molecule has 0 atom stereocenters. The SMILES string of the molecule is O=[N+]([O-])c1cccc2c1ccn2Cc1ccc(Br)s1. The average Bonchev–Trinajstić information content (AvgIpc) is 2.97. The first-order valence-corrected chi connectivity index (χ1v) is 7.22. The highest BCUT2D eigenvalue weighted by Crippen LogP contribution is 2.28. The highest BCUT2D eigenvalue weighted by atomic mass is 79.9. The number of nitro benzene ring substituents is 1. The van der Waals surface area contributed by atoms with Gasteiger partial charge in [-0.1, -0.05) is 6.07 Å². The lowest BCUT2D eigenvalue weighted by molar-refractivity contribution is -0.383. The Labute approximate surface area is 121 Å². The normalized spacial score (nSPS) is 11.0. The van der Waals surface area contributed by atoms with Crippen molar-refractivity contribution in [2.24, 2.45) is 0 Å². The second-order valence-electron chi connectivity index (χ2n) is 4.12. The molecule has 0 amide bonds. The molecular formula is C13H9BrN2O2S. The summed E-state index contributed by atoms with van der Waals surface area (Å²) < 4.78 is 3.12. The standard InChI is InChI=1S/C13H9BrN2O2S/c14-13-5-4-9(19-13)8-15-7-6-10-11(15)2-1-3-12(10)16(17)18/h1-7H,8H2. The topological polar surface area (TPSA) is 48.1 Å². The van der Waals surface area contributed by atoms with E-state index in [-0.39, 0.29) is 10.6 Å². The van der Waals surface area contributed by atoms with Crippen LogP contribution in [0.25, 0.3) is 10.9 Å². The number of non-ortho nitro benzene ring substituents is 1. The molecule has 96 valence electrons. The van der Waals surface area contributed by atoms with Gasteiger partial charge in [0.15, 0.2) is 0 Å². The first kappa shape index (κ1) is 12.4. The second-order valence-corrected chi connectivity index (χ2v) is 6.66. The van der Waals surface area contributed by atoms with Gasteiger partial charge in [-0.15, -0.1) is 11.3 Å². The third-order valence-corrected chi connectivity index (χ3v) is 4.55. The molecule has 2 aromatic heterocycles. The molecule has 0 bridgehead atoms. The minimum absolute atomic E-state index is 0.156. The zero-order valence-electron chi connectivity index (χ0n) is 9.75. The van der Waals surface area contributed by atoms with Crippen molar-refractivity contribution in [3.8, 4) is 0 Å². The van der Waals surface area contributed by atoms with Crippen molar-refractivity contribution in [2.75, 3.05) is 0 Å². The molecule has 6 heteroatoms. The van der Waals surface area contributed by atoms with Gasteiger partial charge in [-0.2, -0.15) is 0 Å². The summed E-state index contributed by atoms with van der Waals surface area (Å²) in [6.07, 6.45) is 1.89. The molecule has 2 heterocycles. The van der Waals surface area contributed by atoms with E-state index in [1.54, 1.807) is 23.5 Å². The van der Waals surface area contributed by atoms with Gasteiger partial charge in [-0.3, -0.25) is 10.1 Å². The van der Waals surface area contributed by atoms with Crippen LogP contribution in [0.5, 0.6) is 0 Å². The molecule has 0 unspecified atom stereocenters. The number of aromatic nitrogens is 1. The molecule has 0 N–H and O–H groups in total. The maximum atomic E-state index is 11.0. The van der Waals surface area contributed by atoms with Gasteiger partial charge in [0.1, 0.15) is 0 Å². The van der Waals surface area contributed by atoms with E-state index in [1.165, 1.54) is 10.9 Å². The van der Waals surface area contributed by atoms with Crippen LogP contribution in [0.2, 0.25) is 0 Å². The maximum Gasteiger partial charge on any atom is 0.278 e. The second kappa shape index (κ2) is 4.79. The molecule has 1 aromatic carbocycles. The first-order valence-electron chi connectivity index (χ1n) is 5.61. The summed E-state index contributed by atoms with van der Waals surface area (Å²) in [6.45, 7) is 0.723. The van der Waals surface area contributed by atoms with E-state index in [0.717, 1.165) is 15.8 Å². The highest BCUT2D eigenvalue weighted by molar-refractivity contribution is 9.11. The van der Waals surface area contributed by atoms with E-state index in [2.05, 4.69) is 22.0 Å². The molecule has 0 saturated heterocycles. The number of hydrogen-bond donors (Lipinski definition) is 0. The number of fused-ring (bicyclic) bond motifs is 1. The van der Waals surface area contributed by atoms with Gasteiger partial charge in [0.2, 0.25) is 0 Å². The van der Waals surface area contributed by atoms with Crippen molar-refractivity contribution in [1.82, 2.24) is 4.57 Å². The largest absolute Gasteiger partial charge is 0.342 e. The monoisotopic (exact) mass is 336 g/mol. The van der Waals surface area contributed by atoms with Crippen LogP contribution in [0.1, 0.15) is 4.88 Å². The van der Waals surface area contributed by atoms with Crippen molar-refractivity contribution in [3.05, 3.63) is 61.4 Å². The molecule has 0 aliphatic heterocycles. The number of thiophene rings is 1. The van der Waals surface area contributed by atoms with Gasteiger partial charge in [0, 0.05) is 17.1 Å².